The van der Waals surface area contributed by atoms with E-state index in [4.69, 9.17) is 4.74 Å². The number of hydrogen-bond acceptors (Lipinski definition) is 5. The standard InChI is InChI=1S/C18H22N4O2/c1-3-24-17-15(7-4-9-20-17)18(23)22-11-5-6-14(12-22)16-8-10-19-13(2)21-16/h4,7-10,14H,3,5-6,11-12H2,1-2H3/t14-/m1/s1. The van der Waals surface area contributed by atoms with E-state index in [1.54, 1.807) is 24.5 Å². The van der Waals surface area contributed by atoms with E-state index in [9.17, 15) is 4.79 Å². The fourth-order valence-electron chi connectivity index (χ4n) is 3.08. The maximum absolute atomic E-state index is 12.9. The molecule has 1 aliphatic heterocycles. The number of aromatic nitrogens is 3. The molecule has 126 valence electrons. The van der Waals surface area contributed by atoms with Crippen LogP contribution in [-0.4, -0.2) is 45.5 Å². The van der Waals surface area contributed by atoms with Gasteiger partial charge in [0.25, 0.3) is 5.91 Å². The van der Waals surface area contributed by atoms with Crippen molar-refractivity contribution >= 4 is 5.91 Å². The zero-order chi connectivity index (χ0) is 16.9. The van der Waals surface area contributed by atoms with Crippen molar-refractivity contribution in [2.24, 2.45) is 0 Å². The topological polar surface area (TPSA) is 68.2 Å². The summed E-state index contributed by atoms with van der Waals surface area (Å²) in [4.78, 5) is 27.7. The average molecular weight is 326 g/mol. The summed E-state index contributed by atoms with van der Waals surface area (Å²) >= 11 is 0. The maximum Gasteiger partial charge on any atom is 0.259 e. The van der Waals surface area contributed by atoms with E-state index in [0.29, 0.717) is 24.6 Å². The quantitative estimate of drug-likeness (QED) is 0.864. The van der Waals surface area contributed by atoms with Crippen molar-refractivity contribution < 1.29 is 9.53 Å². The van der Waals surface area contributed by atoms with Crippen LogP contribution in [-0.2, 0) is 0 Å². The van der Waals surface area contributed by atoms with Gasteiger partial charge in [-0.2, -0.15) is 0 Å². The lowest BCUT2D eigenvalue weighted by Gasteiger charge is -2.32. The predicted octanol–water partition coefficient (Wildman–Crippen LogP) is 2.60. The number of aryl methyl sites for hydroxylation is 1. The summed E-state index contributed by atoms with van der Waals surface area (Å²) < 4.78 is 5.50. The SMILES string of the molecule is CCOc1ncccc1C(=O)N1CCC[C@@H](c2ccnc(C)n2)C1. The van der Waals surface area contributed by atoms with Gasteiger partial charge in [-0.05, 0) is 44.9 Å². The Labute approximate surface area is 141 Å². The summed E-state index contributed by atoms with van der Waals surface area (Å²) in [5.74, 6) is 1.39. The van der Waals surface area contributed by atoms with Gasteiger partial charge in [0.1, 0.15) is 11.4 Å². The molecule has 1 saturated heterocycles. The molecule has 6 heteroatoms. The fraction of sp³-hybridized carbons (Fsp3) is 0.444. The molecule has 0 radical (unpaired) electrons. The van der Waals surface area contributed by atoms with Crippen molar-refractivity contribution in [3.8, 4) is 5.88 Å². The van der Waals surface area contributed by atoms with Crippen LogP contribution in [0.2, 0.25) is 0 Å². The number of piperidine rings is 1. The molecule has 2 aromatic heterocycles. The Kier molecular flexibility index (Phi) is 5.03. The van der Waals surface area contributed by atoms with Crippen LogP contribution in [0, 0.1) is 6.92 Å². The lowest BCUT2D eigenvalue weighted by molar-refractivity contribution is 0.0700. The van der Waals surface area contributed by atoms with Crippen LogP contribution in [0.25, 0.3) is 0 Å². The highest BCUT2D eigenvalue weighted by Gasteiger charge is 2.28. The summed E-state index contributed by atoms with van der Waals surface area (Å²) in [7, 11) is 0. The van der Waals surface area contributed by atoms with Gasteiger partial charge in [0.05, 0.1) is 6.61 Å². The van der Waals surface area contributed by atoms with Crippen molar-refractivity contribution in [2.45, 2.75) is 32.6 Å². The van der Waals surface area contributed by atoms with Gasteiger partial charge in [-0.25, -0.2) is 15.0 Å². The van der Waals surface area contributed by atoms with Gasteiger partial charge in [-0.15, -0.1) is 0 Å². The predicted molar refractivity (Wildman–Crippen MR) is 90.1 cm³/mol. The maximum atomic E-state index is 12.9. The van der Waals surface area contributed by atoms with Gasteiger partial charge in [0.15, 0.2) is 0 Å². The molecule has 0 aliphatic carbocycles. The van der Waals surface area contributed by atoms with E-state index < -0.39 is 0 Å². The smallest absolute Gasteiger partial charge is 0.259 e. The van der Waals surface area contributed by atoms with Gasteiger partial charge in [0, 0.05) is 37.1 Å². The Morgan fingerprint density at radius 2 is 2.21 bits per heavy atom. The number of amides is 1. The number of rotatable bonds is 4. The third kappa shape index (κ3) is 3.53. The van der Waals surface area contributed by atoms with Gasteiger partial charge in [0.2, 0.25) is 5.88 Å². The monoisotopic (exact) mass is 326 g/mol. The highest BCUT2D eigenvalue weighted by Crippen LogP contribution is 2.27. The molecule has 3 rings (SSSR count). The van der Waals surface area contributed by atoms with Gasteiger partial charge >= 0.3 is 0 Å². The van der Waals surface area contributed by atoms with Crippen LogP contribution in [0.15, 0.2) is 30.6 Å². The van der Waals surface area contributed by atoms with Crippen LogP contribution in [0.3, 0.4) is 0 Å². The first-order chi connectivity index (χ1) is 11.7. The molecule has 1 fully saturated rings. The molecule has 0 saturated carbocycles. The van der Waals surface area contributed by atoms with Gasteiger partial charge in [-0.3, -0.25) is 4.79 Å². The molecular formula is C18H22N4O2. The van der Waals surface area contributed by atoms with Crippen LogP contribution < -0.4 is 4.74 Å². The van der Waals surface area contributed by atoms with Crippen molar-refractivity contribution in [2.75, 3.05) is 19.7 Å². The Morgan fingerprint density at radius 3 is 3.00 bits per heavy atom. The molecule has 0 unspecified atom stereocenters. The molecule has 0 bridgehead atoms. The number of nitrogens with zero attached hydrogens (tertiary/aromatic N) is 4. The second-order valence-corrected chi connectivity index (χ2v) is 5.91. The second-order valence-electron chi connectivity index (χ2n) is 5.91. The number of carbonyl (C=O) groups is 1. The molecular weight excluding hydrogens is 304 g/mol. The molecule has 0 aromatic carbocycles. The molecule has 0 N–H and O–H groups in total. The molecule has 24 heavy (non-hydrogen) atoms. The summed E-state index contributed by atoms with van der Waals surface area (Å²) in [6, 6.07) is 5.49. The van der Waals surface area contributed by atoms with Crippen LogP contribution in [0.1, 0.15) is 47.6 Å². The highest BCUT2D eigenvalue weighted by atomic mass is 16.5. The van der Waals surface area contributed by atoms with Crippen LogP contribution in [0.4, 0.5) is 0 Å². The normalized spacial score (nSPS) is 17.6. The van der Waals surface area contributed by atoms with Crippen molar-refractivity contribution in [3.63, 3.8) is 0 Å². The lowest BCUT2D eigenvalue weighted by Crippen LogP contribution is -2.39. The fourth-order valence-corrected chi connectivity index (χ4v) is 3.08. The van der Waals surface area contributed by atoms with E-state index in [2.05, 4.69) is 15.0 Å². The number of ether oxygens (including phenoxy) is 1. The summed E-state index contributed by atoms with van der Waals surface area (Å²) in [6.45, 7) is 5.67. The first-order valence-electron chi connectivity index (χ1n) is 8.35. The first-order valence-corrected chi connectivity index (χ1v) is 8.35. The number of carbonyl (C=O) groups excluding carboxylic acids is 1. The van der Waals surface area contributed by atoms with Crippen molar-refractivity contribution in [1.29, 1.82) is 0 Å². The number of likely N-dealkylation sites (tertiary alicyclic amines) is 1. The number of pyridine rings is 1. The molecule has 1 amide bonds. The minimum Gasteiger partial charge on any atom is -0.477 e. The summed E-state index contributed by atoms with van der Waals surface area (Å²) in [6.07, 6.45) is 5.42. The molecule has 3 heterocycles. The Hall–Kier alpha value is -2.50. The lowest BCUT2D eigenvalue weighted by atomic mass is 9.94. The minimum absolute atomic E-state index is 0.0259. The minimum atomic E-state index is -0.0259. The Morgan fingerprint density at radius 1 is 1.33 bits per heavy atom. The Bertz CT molecular complexity index is 720. The third-order valence-corrected chi connectivity index (χ3v) is 4.21. The van der Waals surface area contributed by atoms with Gasteiger partial charge < -0.3 is 9.64 Å². The van der Waals surface area contributed by atoms with E-state index in [1.165, 1.54) is 0 Å². The number of hydrogen-bond donors (Lipinski definition) is 0. The molecule has 1 aliphatic rings. The van der Waals surface area contributed by atoms with Crippen molar-refractivity contribution in [1.82, 2.24) is 19.9 Å². The van der Waals surface area contributed by atoms with E-state index in [-0.39, 0.29) is 11.8 Å². The van der Waals surface area contributed by atoms with E-state index >= 15 is 0 Å². The van der Waals surface area contributed by atoms with E-state index in [0.717, 1.165) is 30.9 Å². The van der Waals surface area contributed by atoms with Crippen molar-refractivity contribution in [3.05, 3.63) is 47.7 Å². The molecule has 2 aromatic rings. The Balaban J connectivity index is 1.78. The zero-order valence-corrected chi connectivity index (χ0v) is 14.1. The molecule has 0 spiro atoms. The first kappa shape index (κ1) is 16.4. The highest BCUT2D eigenvalue weighted by molar-refractivity contribution is 5.96. The third-order valence-electron chi connectivity index (χ3n) is 4.21. The molecule has 1 atom stereocenters. The second kappa shape index (κ2) is 7.38. The average Bonchev–Trinajstić information content (AvgIpc) is 2.62. The molecule has 6 nitrogen and oxygen atoms in total. The summed E-state index contributed by atoms with van der Waals surface area (Å²) in [5, 5.41) is 0. The van der Waals surface area contributed by atoms with Crippen LogP contribution >= 0.6 is 0 Å². The van der Waals surface area contributed by atoms with Gasteiger partial charge in [-0.1, -0.05) is 0 Å². The van der Waals surface area contributed by atoms with E-state index in [1.807, 2.05) is 24.8 Å². The largest absolute Gasteiger partial charge is 0.477 e. The van der Waals surface area contributed by atoms with Crippen LogP contribution in [0.5, 0.6) is 5.88 Å². The summed E-state index contributed by atoms with van der Waals surface area (Å²) in [5.41, 5.74) is 1.54. The zero-order valence-electron chi connectivity index (χ0n) is 14.1.